The quantitative estimate of drug-likeness (QED) is 0.762. The smallest absolute Gasteiger partial charge is 0.254 e. The van der Waals surface area contributed by atoms with E-state index in [1.807, 2.05) is 12.1 Å². The number of piperidine rings is 1. The Labute approximate surface area is 154 Å². The van der Waals surface area contributed by atoms with E-state index in [-0.39, 0.29) is 11.9 Å². The van der Waals surface area contributed by atoms with Crippen LogP contribution in [0.2, 0.25) is 0 Å². The highest BCUT2D eigenvalue weighted by atomic mass is 32.2. The van der Waals surface area contributed by atoms with Gasteiger partial charge in [-0.25, -0.2) is 4.98 Å². The lowest BCUT2D eigenvalue weighted by molar-refractivity contribution is 0.0695. The van der Waals surface area contributed by atoms with E-state index in [1.54, 1.807) is 11.8 Å². The van der Waals surface area contributed by atoms with E-state index in [1.165, 1.54) is 5.92 Å². The number of rotatable bonds is 6. The average molecular weight is 363 g/mol. The molecule has 0 unspecified atom stereocenters. The molecule has 3 rings (SSSR count). The van der Waals surface area contributed by atoms with Gasteiger partial charge >= 0.3 is 0 Å². The van der Waals surface area contributed by atoms with Crippen molar-refractivity contribution in [1.29, 1.82) is 0 Å². The third-order valence-corrected chi connectivity index (χ3v) is 5.83. The zero-order valence-electron chi connectivity index (χ0n) is 15.0. The molecule has 2 aliphatic heterocycles. The first-order valence-electron chi connectivity index (χ1n) is 9.36. The number of amides is 1. The summed E-state index contributed by atoms with van der Waals surface area (Å²) in [6.07, 6.45) is 5.08. The standard InChI is InChI=1S/C19H28N3O2S/c1-2-12-25-19-16(18(23)21-15-7-10-24-11-8-15)5-6-17(22-19)14-4-3-9-20-13-14/h5-6,15,20H,2-4,7-13H2,1H3,(H,21,23). The van der Waals surface area contributed by atoms with Gasteiger partial charge in [-0.15, -0.1) is 11.8 Å². The number of thioether (sulfide) groups is 1. The monoisotopic (exact) mass is 362 g/mol. The molecule has 1 amide bonds. The van der Waals surface area contributed by atoms with E-state index in [2.05, 4.69) is 17.6 Å². The van der Waals surface area contributed by atoms with Gasteiger partial charge in [0.05, 0.1) is 11.3 Å². The van der Waals surface area contributed by atoms with Gasteiger partial charge in [-0.3, -0.25) is 4.79 Å². The fourth-order valence-electron chi connectivity index (χ4n) is 3.20. The summed E-state index contributed by atoms with van der Waals surface area (Å²) in [6, 6.07) is 4.18. The summed E-state index contributed by atoms with van der Waals surface area (Å²) >= 11 is 1.69. The van der Waals surface area contributed by atoms with E-state index in [4.69, 9.17) is 9.72 Å². The Morgan fingerprint density at radius 2 is 2.24 bits per heavy atom. The van der Waals surface area contributed by atoms with Crippen molar-refractivity contribution in [3.8, 4) is 0 Å². The van der Waals surface area contributed by atoms with Crippen LogP contribution >= 0.6 is 11.8 Å². The summed E-state index contributed by atoms with van der Waals surface area (Å²) in [6.45, 7) is 5.58. The van der Waals surface area contributed by atoms with Gasteiger partial charge in [0.1, 0.15) is 5.03 Å². The van der Waals surface area contributed by atoms with Crippen molar-refractivity contribution in [2.24, 2.45) is 0 Å². The number of nitrogens with one attached hydrogen (secondary N) is 2. The molecule has 1 radical (unpaired) electrons. The van der Waals surface area contributed by atoms with E-state index >= 15 is 0 Å². The first kappa shape index (κ1) is 18.7. The number of hydrogen-bond donors (Lipinski definition) is 2. The molecular weight excluding hydrogens is 334 g/mol. The molecule has 0 bridgehead atoms. The number of pyridine rings is 1. The fourth-order valence-corrected chi connectivity index (χ4v) is 4.07. The van der Waals surface area contributed by atoms with Crippen LogP contribution in [0, 0.1) is 5.92 Å². The maximum atomic E-state index is 12.8. The van der Waals surface area contributed by atoms with Crippen LogP contribution in [0.5, 0.6) is 0 Å². The van der Waals surface area contributed by atoms with Crippen molar-refractivity contribution in [3.63, 3.8) is 0 Å². The van der Waals surface area contributed by atoms with Gasteiger partial charge in [0.15, 0.2) is 0 Å². The number of hydrogen-bond acceptors (Lipinski definition) is 5. The van der Waals surface area contributed by atoms with E-state index in [0.29, 0.717) is 5.56 Å². The number of ether oxygens (including phenoxy) is 1. The summed E-state index contributed by atoms with van der Waals surface area (Å²) in [7, 11) is 0. The van der Waals surface area contributed by atoms with Crippen molar-refractivity contribution in [2.45, 2.75) is 50.1 Å². The number of aromatic nitrogens is 1. The van der Waals surface area contributed by atoms with Crippen LogP contribution in [-0.2, 0) is 4.74 Å². The molecule has 2 aliphatic rings. The predicted molar refractivity (Wildman–Crippen MR) is 101 cm³/mol. The van der Waals surface area contributed by atoms with Gasteiger partial charge in [0, 0.05) is 31.7 Å². The lowest BCUT2D eigenvalue weighted by Gasteiger charge is -2.24. The molecule has 1 aromatic rings. The van der Waals surface area contributed by atoms with Crippen LogP contribution in [0.25, 0.3) is 0 Å². The van der Waals surface area contributed by atoms with Crippen LogP contribution in [0.4, 0.5) is 0 Å². The second-order valence-corrected chi connectivity index (χ2v) is 7.73. The molecule has 2 saturated heterocycles. The van der Waals surface area contributed by atoms with Crippen molar-refractivity contribution >= 4 is 17.7 Å². The Kier molecular flexibility index (Phi) is 7.13. The molecule has 2 fully saturated rings. The minimum absolute atomic E-state index is 0.00341. The molecule has 2 N–H and O–H groups in total. The summed E-state index contributed by atoms with van der Waals surface area (Å²) in [4.78, 5) is 17.6. The normalized spacial score (nSPS) is 19.7. The molecular formula is C19H28N3O2S. The fraction of sp³-hybridized carbons (Fsp3) is 0.632. The van der Waals surface area contributed by atoms with Crippen LogP contribution in [0.1, 0.15) is 55.1 Å². The highest BCUT2D eigenvalue weighted by Crippen LogP contribution is 2.27. The summed E-state index contributed by atoms with van der Waals surface area (Å²) < 4.78 is 5.37. The topological polar surface area (TPSA) is 63.2 Å². The minimum Gasteiger partial charge on any atom is -0.381 e. The Hall–Kier alpha value is -1.11. The van der Waals surface area contributed by atoms with Crippen molar-refractivity contribution in [3.05, 3.63) is 29.3 Å². The van der Waals surface area contributed by atoms with Crippen LogP contribution < -0.4 is 10.6 Å². The summed E-state index contributed by atoms with van der Waals surface area (Å²) in [5, 5.41) is 7.44. The lowest BCUT2D eigenvalue weighted by Crippen LogP contribution is -2.39. The third kappa shape index (κ3) is 5.19. The molecule has 1 aromatic heterocycles. The van der Waals surface area contributed by atoms with Crippen molar-refractivity contribution < 1.29 is 9.53 Å². The molecule has 25 heavy (non-hydrogen) atoms. The predicted octanol–water partition coefficient (Wildman–Crippen LogP) is 2.80. The molecule has 6 heteroatoms. The molecule has 0 spiro atoms. The molecule has 0 aromatic carbocycles. The number of nitrogens with zero attached hydrogens (tertiary/aromatic N) is 1. The van der Waals surface area contributed by atoms with Crippen LogP contribution in [0.15, 0.2) is 17.2 Å². The molecule has 5 nitrogen and oxygen atoms in total. The summed E-state index contributed by atoms with van der Waals surface area (Å²) in [5.74, 6) is 2.32. The zero-order chi connectivity index (χ0) is 17.5. The van der Waals surface area contributed by atoms with Crippen molar-refractivity contribution in [2.75, 3.05) is 32.1 Å². The Balaban J connectivity index is 1.74. The van der Waals surface area contributed by atoms with Crippen LogP contribution in [0.3, 0.4) is 0 Å². The third-order valence-electron chi connectivity index (χ3n) is 4.64. The second-order valence-electron chi connectivity index (χ2n) is 6.64. The lowest BCUT2D eigenvalue weighted by atomic mass is 9.95. The van der Waals surface area contributed by atoms with E-state index in [9.17, 15) is 4.79 Å². The SMILES string of the molecule is CCCSc1nc([C]2CCCNC2)ccc1C(=O)NC1CCOCC1. The zero-order valence-corrected chi connectivity index (χ0v) is 15.8. The minimum atomic E-state index is -0.00341. The van der Waals surface area contributed by atoms with Gasteiger partial charge < -0.3 is 15.4 Å². The molecule has 137 valence electrons. The van der Waals surface area contributed by atoms with Gasteiger partial charge in [0.2, 0.25) is 0 Å². The van der Waals surface area contributed by atoms with E-state index in [0.717, 1.165) is 74.9 Å². The number of carbonyl (C=O) groups excluding carboxylic acids is 1. The highest BCUT2D eigenvalue weighted by Gasteiger charge is 2.22. The van der Waals surface area contributed by atoms with Gasteiger partial charge in [-0.2, -0.15) is 0 Å². The van der Waals surface area contributed by atoms with Gasteiger partial charge in [-0.05, 0) is 56.5 Å². The maximum Gasteiger partial charge on any atom is 0.254 e. The molecule has 0 aliphatic carbocycles. The molecule has 3 heterocycles. The molecule has 0 atom stereocenters. The Bertz CT molecular complexity index is 570. The Morgan fingerprint density at radius 1 is 1.40 bits per heavy atom. The first-order chi connectivity index (χ1) is 12.3. The number of carbonyl (C=O) groups is 1. The first-order valence-corrected chi connectivity index (χ1v) is 10.3. The van der Waals surface area contributed by atoms with Gasteiger partial charge in [0.25, 0.3) is 5.91 Å². The van der Waals surface area contributed by atoms with E-state index < -0.39 is 0 Å². The van der Waals surface area contributed by atoms with Crippen molar-refractivity contribution in [1.82, 2.24) is 15.6 Å². The second kappa shape index (κ2) is 9.55. The molecule has 0 saturated carbocycles. The largest absolute Gasteiger partial charge is 0.381 e. The Morgan fingerprint density at radius 3 is 2.96 bits per heavy atom. The summed E-state index contributed by atoms with van der Waals surface area (Å²) in [5.41, 5.74) is 1.74. The van der Waals surface area contributed by atoms with Crippen LogP contribution in [-0.4, -0.2) is 49.0 Å². The van der Waals surface area contributed by atoms with Gasteiger partial charge in [-0.1, -0.05) is 6.92 Å². The average Bonchev–Trinajstić information content (AvgIpc) is 2.67. The highest BCUT2D eigenvalue weighted by molar-refractivity contribution is 7.99. The maximum absolute atomic E-state index is 12.8.